The molecule has 0 radical (unpaired) electrons. The van der Waals surface area contributed by atoms with E-state index in [1.165, 1.54) is 25.7 Å². The van der Waals surface area contributed by atoms with Gasteiger partial charge in [0.1, 0.15) is 0 Å². The summed E-state index contributed by atoms with van der Waals surface area (Å²) in [4.78, 5) is 0. The molecule has 0 amide bonds. The number of hydrazine groups is 1. The van der Waals surface area contributed by atoms with Gasteiger partial charge in [-0.15, -0.1) is 12.4 Å². The van der Waals surface area contributed by atoms with Gasteiger partial charge in [0, 0.05) is 12.1 Å². The van der Waals surface area contributed by atoms with Crippen LogP contribution in [0, 0.1) is 10.8 Å². The summed E-state index contributed by atoms with van der Waals surface area (Å²) in [5, 5.41) is 9.78. The zero-order valence-electron chi connectivity index (χ0n) is 12.9. The summed E-state index contributed by atoms with van der Waals surface area (Å²) in [5.41, 5.74) is 9.12. The number of nitrogens with two attached hydrogens (primary N) is 1. The zero-order chi connectivity index (χ0) is 13.8. The average molecular weight is 291 g/mol. The van der Waals surface area contributed by atoms with Gasteiger partial charge in [0.05, 0.1) is 0 Å². The number of guanidine groups is 1. The highest BCUT2D eigenvalue weighted by molar-refractivity contribution is 5.85. The molecule has 0 aromatic heterocycles. The Balaban J connectivity index is 0.00000324. The van der Waals surface area contributed by atoms with Gasteiger partial charge in [-0.25, -0.2) is 5.01 Å². The first-order chi connectivity index (χ1) is 8.51. The lowest BCUT2D eigenvalue weighted by Gasteiger charge is -2.59. The van der Waals surface area contributed by atoms with Crippen LogP contribution in [-0.2, 0) is 0 Å². The highest BCUT2D eigenvalue weighted by atomic mass is 35.5. The predicted molar refractivity (Wildman–Crippen MR) is 84.6 cm³/mol. The normalized spacial score (nSPS) is 21.5. The van der Waals surface area contributed by atoms with Crippen molar-refractivity contribution in [2.75, 3.05) is 6.54 Å². The van der Waals surface area contributed by atoms with Crippen molar-refractivity contribution in [3.63, 3.8) is 0 Å². The number of hydrogen-bond acceptors (Lipinski definition) is 2. The van der Waals surface area contributed by atoms with Crippen LogP contribution in [0.5, 0.6) is 0 Å². The fourth-order valence-electron chi connectivity index (χ4n) is 4.26. The maximum atomic E-state index is 7.53. The molecule has 0 atom stereocenters. The SMILES string of the molecule is CCC1(CC)CCCN(NC(=N)N)C1(CC)CC.Cl. The standard InChI is InChI=1S/C14H30N4.ClH/c1-5-13(6-2)10-9-11-18(17-12(15)16)14(13,7-3)8-4;/h5-11H2,1-4H3,(H4,15,16,17);1H. The number of nitrogens with zero attached hydrogens (tertiary/aromatic N) is 1. The van der Waals surface area contributed by atoms with Crippen molar-refractivity contribution < 1.29 is 0 Å². The Morgan fingerprint density at radius 2 is 1.68 bits per heavy atom. The third-order valence-corrected chi connectivity index (χ3v) is 5.32. The molecule has 1 saturated heterocycles. The van der Waals surface area contributed by atoms with Gasteiger partial charge in [-0.3, -0.25) is 10.8 Å². The number of hydrogen-bond donors (Lipinski definition) is 3. The molecule has 0 spiro atoms. The van der Waals surface area contributed by atoms with Crippen LogP contribution in [0.4, 0.5) is 0 Å². The van der Waals surface area contributed by atoms with Crippen molar-refractivity contribution in [2.24, 2.45) is 11.1 Å². The van der Waals surface area contributed by atoms with Gasteiger partial charge < -0.3 is 5.73 Å². The predicted octanol–water partition coefficient (Wildman–Crippen LogP) is 3.27. The van der Waals surface area contributed by atoms with E-state index in [9.17, 15) is 0 Å². The molecule has 0 aromatic rings. The Hall–Kier alpha value is -0.480. The first-order valence-corrected chi connectivity index (χ1v) is 7.40. The molecule has 1 aliphatic rings. The molecule has 5 heteroatoms. The van der Waals surface area contributed by atoms with Crippen LogP contribution < -0.4 is 11.2 Å². The first kappa shape index (κ1) is 18.5. The van der Waals surface area contributed by atoms with Gasteiger partial charge in [-0.1, -0.05) is 27.7 Å². The van der Waals surface area contributed by atoms with Crippen molar-refractivity contribution >= 4 is 18.4 Å². The smallest absolute Gasteiger partial charge is 0.200 e. The number of nitrogens with one attached hydrogen (secondary N) is 2. The molecule has 114 valence electrons. The Morgan fingerprint density at radius 1 is 1.16 bits per heavy atom. The Morgan fingerprint density at radius 3 is 2.05 bits per heavy atom. The summed E-state index contributed by atoms with van der Waals surface area (Å²) in [6.07, 6.45) is 7.07. The molecule has 0 aromatic carbocycles. The number of rotatable bonds is 5. The maximum Gasteiger partial charge on any atom is 0.200 e. The van der Waals surface area contributed by atoms with Crippen molar-refractivity contribution in [1.29, 1.82) is 5.41 Å². The van der Waals surface area contributed by atoms with Gasteiger partial charge in [-0.2, -0.15) is 0 Å². The second kappa shape index (κ2) is 7.34. The summed E-state index contributed by atoms with van der Waals surface area (Å²) in [5.74, 6) is 0.0595. The van der Waals surface area contributed by atoms with E-state index in [4.69, 9.17) is 11.1 Å². The second-order valence-corrected chi connectivity index (χ2v) is 5.51. The van der Waals surface area contributed by atoms with Crippen LogP contribution >= 0.6 is 12.4 Å². The highest BCUT2D eigenvalue weighted by Gasteiger charge is 2.52. The topological polar surface area (TPSA) is 65.1 Å². The molecule has 0 saturated carbocycles. The van der Waals surface area contributed by atoms with Gasteiger partial charge >= 0.3 is 0 Å². The van der Waals surface area contributed by atoms with Gasteiger partial charge in [-0.05, 0) is 43.9 Å². The minimum absolute atomic E-state index is 0. The summed E-state index contributed by atoms with van der Waals surface area (Å²) >= 11 is 0. The maximum absolute atomic E-state index is 7.53. The molecule has 0 aliphatic carbocycles. The number of halogens is 1. The molecule has 4 nitrogen and oxygen atoms in total. The fourth-order valence-corrected chi connectivity index (χ4v) is 4.26. The second-order valence-electron chi connectivity index (χ2n) is 5.51. The van der Waals surface area contributed by atoms with E-state index in [-0.39, 0.29) is 23.9 Å². The fraction of sp³-hybridized carbons (Fsp3) is 0.929. The summed E-state index contributed by atoms with van der Waals surface area (Å²) in [6, 6.07) is 0. The van der Waals surface area contributed by atoms with Crippen LogP contribution in [0.2, 0.25) is 0 Å². The van der Waals surface area contributed by atoms with Crippen molar-refractivity contribution in [2.45, 2.75) is 71.8 Å². The molecule has 1 rings (SSSR count). The van der Waals surface area contributed by atoms with Crippen molar-refractivity contribution in [1.82, 2.24) is 10.4 Å². The monoisotopic (exact) mass is 290 g/mol. The lowest BCUT2D eigenvalue weighted by atomic mass is 9.59. The quantitative estimate of drug-likeness (QED) is 0.538. The van der Waals surface area contributed by atoms with Crippen LogP contribution in [-0.4, -0.2) is 23.1 Å². The van der Waals surface area contributed by atoms with Gasteiger partial charge in [0.15, 0.2) is 0 Å². The Kier molecular flexibility index (Phi) is 7.16. The first-order valence-electron chi connectivity index (χ1n) is 7.40. The van der Waals surface area contributed by atoms with E-state index in [0.717, 1.165) is 19.4 Å². The molecular formula is C14H31ClN4. The van der Waals surface area contributed by atoms with Crippen LogP contribution in [0.25, 0.3) is 0 Å². The zero-order valence-corrected chi connectivity index (χ0v) is 13.7. The molecule has 19 heavy (non-hydrogen) atoms. The van der Waals surface area contributed by atoms with Gasteiger partial charge in [0.25, 0.3) is 0 Å². The molecule has 1 aliphatic heterocycles. The van der Waals surface area contributed by atoms with Crippen LogP contribution in [0.15, 0.2) is 0 Å². The van der Waals surface area contributed by atoms with Gasteiger partial charge in [0.2, 0.25) is 5.96 Å². The Bertz CT molecular complexity index is 285. The number of piperidine rings is 1. The molecule has 1 heterocycles. The third-order valence-electron chi connectivity index (χ3n) is 5.32. The lowest BCUT2D eigenvalue weighted by Crippen LogP contribution is -2.68. The summed E-state index contributed by atoms with van der Waals surface area (Å²) < 4.78 is 0. The van der Waals surface area contributed by atoms with E-state index in [1.54, 1.807) is 0 Å². The van der Waals surface area contributed by atoms with E-state index >= 15 is 0 Å². The van der Waals surface area contributed by atoms with E-state index in [2.05, 4.69) is 38.1 Å². The molecular weight excluding hydrogens is 260 g/mol. The van der Waals surface area contributed by atoms with E-state index in [0.29, 0.717) is 5.41 Å². The van der Waals surface area contributed by atoms with Crippen molar-refractivity contribution in [3.05, 3.63) is 0 Å². The summed E-state index contributed by atoms with van der Waals surface area (Å²) in [6.45, 7) is 10.1. The largest absolute Gasteiger partial charge is 0.369 e. The summed E-state index contributed by atoms with van der Waals surface area (Å²) in [7, 11) is 0. The van der Waals surface area contributed by atoms with Crippen molar-refractivity contribution in [3.8, 4) is 0 Å². The minimum atomic E-state index is 0. The molecule has 0 bridgehead atoms. The minimum Gasteiger partial charge on any atom is -0.369 e. The lowest BCUT2D eigenvalue weighted by molar-refractivity contribution is -0.103. The Labute approximate surface area is 124 Å². The molecule has 1 fully saturated rings. The third kappa shape index (κ3) is 3.00. The molecule has 0 unspecified atom stereocenters. The van der Waals surface area contributed by atoms with E-state index < -0.39 is 0 Å². The van der Waals surface area contributed by atoms with E-state index in [1.807, 2.05) is 0 Å². The van der Waals surface area contributed by atoms with Crippen LogP contribution in [0.1, 0.15) is 66.2 Å². The van der Waals surface area contributed by atoms with Crippen LogP contribution in [0.3, 0.4) is 0 Å². The molecule has 4 N–H and O–H groups in total. The highest BCUT2D eigenvalue weighted by Crippen LogP contribution is 2.51. The average Bonchev–Trinajstić information content (AvgIpc) is 2.37.